The van der Waals surface area contributed by atoms with Crippen LogP contribution in [0.25, 0.3) is 0 Å². The summed E-state index contributed by atoms with van der Waals surface area (Å²) >= 11 is 0. The Balaban J connectivity index is 1.84. The van der Waals surface area contributed by atoms with Gasteiger partial charge in [0.1, 0.15) is 0 Å². The van der Waals surface area contributed by atoms with Gasteiger partial charge in [0, 0.05) is 31.4 Å². The number of rotatable bonds is 1. The highest BCUT2D eigenvalue weighted by Crippen LogP contribution is 2.34. The molecule has 0 radical (unpaired) electrons. The lowest BCUT2D eigenvalue weighted by Gasteiger charge is -2.26. The van der Waals surface area contributed by atoms with Crippen molar-refractivity contribution in [2.24, 2.45) is 5.92 Å². The van der Waals surface area contributed by atoms with Gasteiger partial charge in [-0.3, -0.25) is 0 Å². The molecule has 0 amide bonds. The summed E-state index contributed by atoms with van der Waals surface area (Å²) in [7, 11) is 2.24. The average molecular weight is 202 g/mol. The predicted octanol–water partition coefficient (Wildman–Crippen LogP) is 1.83. The van der Waals surface area contributed by atoms with Crippen LogP contribution < -0.4 is 4.90 Å². The first kappa shape index (κ1) is 9.22. The number of benzene rings is 1. The van der Waals surface area contributed by atoms with Crippen LogP contribution in [0.15, 0.2) is 30.3 Å². The van der Waals surface area contributed by atoms with Gasteiger partial charge >= 0.3 is 0 Å². The molecule has 2 heterocycles. The van der Waals surface area contributed by atoms with Gasteiger partial charge in [0.2, 0.25) is 0 Å². The number of para-hydroxylation sites is 1. The van der Waals surface area contributed by atoms with E-state index >= 15 is 0 Å². The predicted molar refractivity (Wildman–Crippen MR) is 63.2 cm³/mol. The van der Waals surface area contributed by atoms with Crippen LogP contribution >= 0.6 is 0 Å². The van der Waals surface area contributed by atoms with Gasteiger partial charge in [0.05, 0.1) is 0 Å². The molecule has 0 aliphatic carbocycles. The molecule has 0 aromatic heterocycles. The second kappa shape index (κ2) is 3.53. The zero-order valence-corrected chi connectivity index (χ0v) is 9.26. The maximum Gasteiger partial charge on any atom is 0.0457 e. The lowest BCUT2D eigenvalue weighted by atomic mass is 10.1. The minimum atomic E-state index is 0.761. The monoisotopic (exact) mass is 202 g/mol. The molecular weight excluding hydrogens is 184 g/mol. The van der Waals surface area contributed by atoms with E-state index in [2.05, 4.69) is 47.2 Å². The molecule has 80 valence electrons. The largest absolute Gasteiger partial charge is 0.367 e. The number of hydrogen-bond acceptors (Lipinski definition) is 2. The maximum absolute atomic E-state index is 2.59. The van der Waals surface area contributed by atoms with Gasteiger partial charge in [-0.15, -0.1) is 0 Å². The number of nitrogens with zero attached hydrogens (tertiary/aromatic N) is 2. The highest BCUT2D eigenvalue weighted by Gasteiger charge is 2.39. The molecule has 0 saturated carbocycles. The van der Waals surface area contributed by atoms with E-state index in [-0.39, 0.29) is 0 Å². The standard InChI is InChI=1S/C13H18N2/c1-14-9-11-7-8-15(13(11)10-14)12-5-3-2-4-6-12/h2-6,11,13H,7-10H2,1H3/t11-,13+/m1/s1. The van der Waals surface area contributed by atoms with Crippen molar-refractivity contribution in [3.8, 4) is 0 Å². The van der Waals surface area contributed by atoms with E-state index < -0.39 is 0 Å². The van der Waals surface area contributed by atoms with E-state index in [4.69, 9.17) is 0 Å². The van der Waals surface area contributed by atoms with Gasteiger partial charge < -0.3 is 9.80 Å². The molecule has 2 aliphatic rings. The Kier molecular flexibility index (Phi) is 2.17. The van der Waals surface area contributed by atoms with Crippen LogP contribution in [0.3, 0.4) is 0 Å². The third-order valence-corrected chi connectivity index (χ3v) is 3.82. The van der Waals surface area contributed by atoms with E-state index in [1.165, 1.54) is 31.7 Å². The van der Waals surface area contributed by atoms with Crippen molar-refractivity contribution >= 4 is 5.69 Å². The molecule has 1 aromatic carbocycles. The fourth-order valence-electron chi connectivity index (χ4n) is 3.11. The lowest BCUT2D eigenvalue weighted by molar-refractivity contribution is 0.386. The summed E-state index contributed by atoms with van der Waals surface area (Å²) in [5.41, 5.74) is 1.40. The van der Waals surface area contributed by atoms with E-state index in [0.717, 1.165) is 12.0 Å². The summed E-state index contributed by atoms with van der Waals surface area (Å²) < 4.78 is 0. The molecule has 3 rings (SSSR count). The molecule has 2 nitrogen and oxygen atoms in total. The van der Waals surface area contributed by atoms with E-state index in [1.807, 2.05) is 0 Å². The Hall–Kier alpha value is -1.02. The third kappa shape index (κ3) is 1.53. The van der Waals surface area contributed by atoms with Gasteiger partial charge in [-0.05, 0) is 31.5 Å². The van der Waals surface area contributed by atoms with Crippen molar-refractivity contribution in [2.75, 3.05) is 31.6 Å². The zero-order valence-electron chi connectivity index (χ0n) is 9.26. The number of anilines is 1. The first-order valence-electron chi connectivity index (χ1n) is 5.85. The summed E-state index contributed by atoms with van der Waals surface area (Å²) in [6, 6.07) is 11.6. The van der Waals surface area contributed by atoms with E-state index in [9.17, 15) is 0 Å². The molecule has 15 heavy (non-hydrogen) atoms. The smallest absolute Gasteiger partial charge is 0.0457 e. The van der Waals surface area contributed by atoms with Gasteiger partial charge in [0.25, 0.3) is 0 Å². The second-order valence-electron chi connectivity index (χ2n) is 4.87. The molecule has 0 N–H and O–H groups in total. The van der Waals surface area contributed by atoms with Crippen LogP contribution in [0.4, 0.5) is 5.69 Å². The topological polar surface area (TPSA) is 6.48 Å². The molecule has 1 aromatic rings. The van der Waals surface area contributed by atoms with Crippen LogP contribution in [0.2, 0.25) is 0 Å². The van der Waals surface area contributed by atoms with Crippen molar-refractivity contribution in [1.29, 1.82) is 0 Å². The van der Waals surface area contributed by atoms with Crippen LogP contribution in [0.1, 0.15) is 6.42 Å². The Bertz CT molecular complexity index is 336. The minimum absolute atomic E-state index is 0.761. The number of likely N-dealkylation sites (N-methyl/N-ethyl adjacent to an activating group) is 1. The highest BCUT2D eigenvalue weighted by atomic mass is 15.3. The Morgan fingerprint density at radius 3 is 2.73 bits per heavy atom. The molecule has 2 fully saturated rings. The Morgan fingerprint density at radius 1 is 1.13 bits per heavy atom. The first-order chi connectivity index (χ1) is 7.34. The van der Waals surface area contributed by atoms with Gasteiger partial charge in [-0.2, -0.15) is 0 Å². The maximum atomic E-state index is 2.59. The fraction of sp³-hybridized carbons (Fsp3) is 0.538. The van der Waals surface area contributed by atoms with Crippen LogP contribution in [-0.4, -0.2) is 37.6 Å². The molecule has 2 saturated heterocycles. The summed E-state index contributed by atoms with van der Waals surface area (Å²) in [6.07, 6.45) is 1.36. The summed E-state index contributed by atoms with van der Waals surface area (Å²) in [5, 5.41) is 0. The van der Waals surface area contributed by atoms with Crippen LogP contribution in [0.5, 0.6) is 0 Å². The molecule has 0 bridgehead atoms. The number of likely N-dealkylation sites (tertiary alicyclic amines) is 1. The summed E-state index contributed by atoms with van der Waals surface area (Å²) in [4.78, 5) is 5.05. The fourth-order valence-corrected chi connectivity index (χ4v) is 3.11. The summed E-state index contributed by atoms with van der Waals surface area (Å²) in [5.74, 6) is 0.898. The van der Waals surface area contributed by atoms with Gasteiger partial charge in [-0.25, -0.2) is 0 Å². The Labute approximate surface area is 91.5 Å². The Morgan fingerprint density at radius 2 is 1.93 bits per heavy atom. The molecular formula is C13H18N2. The molecule has 2 aliphatic heterocycles. The molecule has 0 unspecified atom stereocenters. The number of fused-ring (bicyclic) bond motifs is 1. The molecule has 2 atom stereocenters. The highest BCUT2D eigenvalue weighted by molar-refractivity contribution is 5.48. The third-order valence-electron chi connectivity index (χ3n) is 3.82. The normalized spacial score (nSPS) is 30.9. The minimum Gasteiger partial charge on any atom is -0.367 e. The van der Waals surface area contributed by atoms with Crippen LogP contribution in [-0.2, 0) is 0 Å². The molecule has 2 heteroatoms. The van der Waals surface area contributed by atoms with Gasteiger partial charge in [-0.1, -0.05) is 18.2 Å². The average Bonchev–Trinajstić information content (AvgIpc) is 2.77. The van der Waals surface area contributed by atoms with Crippen molar-refractivity contribution in [3.05, 3.63) is 30.3 Å². The van der Waals surface area contributed by atoms with E-state index in [1.54, 1.807) is 0 Å². The first-order valence-corrected chi connectivity index (χ1v) is 5.85. The van der Waals surface area contributed by atoms with Crippen LogP contribution in [0, 0.1) is 5.92 Å². The SMILES string of the molecule is CN1C[C@H]2CCN(c3ccccc3)[C@H]2C1. The summed E-state index contributed by atoms with van der Waals surface area (Å²) in [6.45, 7) is 3.76. The second-order valence-corrected chi connectivity index (χ2v) is 4.87. The van der Waals surface area contributed by atoms with Crippen molar-refractivity contribution < 1.29 is 0 Å². The van der Waals surface area contributed by atoms with Crippen molar-refractivity contribution in [3.63, 3.8) is 0 Å². The zero-order chi connectivity index (χ0) is 10.3. The van der Waals surface area contributed by atoms with E-state index in [0.29, 0.717) is 0 Å². The van der Waals surface area contributed by atoms with Crippen molar-refractivity contribution in [1.82, 2.24) is 4.90 Å². The number of hydrogen-bond donors (Lipinski definition) is 0. The van der Waals surface area contributed by atoms with Crippen molar-refractivity contribution in [2.45, 2.75) is 12.5 Å². The molecule has 0 spiro atoms. The lowest BCUT2D eigenvalue weighted by Crippen LogP contribution is -2.34. The van der Waals surface area contributed by atoms with Gasteiger partial charge in [0.15, 0.2) is 0 Å². The quantitative estimate of drug-likeness (QED) is 0.685.